The molecule has 1 fully saturated rings. The third kappa shape index (κ3) is 8.51. The van der Waals surface area contributed by atoms with Crippen LogP contribution in [0.1, 0.15) is 12.8 Å². The molecule has 1 heterocycles. The normalized spacial score (nSPS) is 21.7. The van der Waals surface area contributed by atoms with E-state index in [0.717, 1.165) is 34.9 Å². The maximum Gasteiger partial charge on any atom is 0.142 e. The van der Waals surface area contributed by atoms with E-state index < -0.39 is 0 Å². The molecule has 8 nitrogen and oxygen atoms in total. The zero-order chi connectivity index (χ0) is 23.2. The average Bonchev–Trinajstić information content (AvgIpc) is 2.74. The minimum absolute atomic E-state index is 0. The van der Waals surface area contributed by atoms with Crippen LogP contribution in [0.25, 0.3) is 0 Å². The van der Waals surface area contributed by atoms with Gasteiger partial charge in [0.1, 0.15) is 37.7 Å². The highest BCUT2D eigenvalue weighted by Crippen LogP contribution is 2.25. The predicted octanol–water partition coefficient (Wildman–Crippen LogP) is -3.83. The molecule has 0 bridgehead atoms. The summed E-state index contributed by atoms with van der Waals surface area (Å²) in [6.07, 6.45) is 2.00. The van der Waals surface area contributed by atoms with Crippen LogP contribution in [-0.4, -0.2) is 75.5 Å². The Hall–Kier alpha value is -2.26. The van der Waals surface area contributed by atoms with E-state index in [0.29, 0.717) is 47.5 Å². The number of quaternary nitrogens is 2. The van der Waals surface area contributed by atoms with Crippen LogP contribution < -0.4 is 57.2 Å². The summed E-state index contributed by atoms with van der Waals surface area (Å²) in [7, 11) is 4.71. The monoisotopic (exact) mass is 514 g/mol. The van der Waals surface area contributed by atoms with Gasteiger partial charge in [-0.15, -0.1) is 0 Å². The fourth-order valence-electron chi connectivity index (χ4n) is 4.29. The largest absolute Gasteiger partial charge is 1.00 e. The molecule has 2 aromatic carbocycles. The predicted molar refractivity (Wildman–Crippen MR) is 132 cm³/mol. The van der Waals surface area contributed by atoms with Gasteiger partial charge in [-0.2, -0.15) is 0 Å². The number of hydrogen-bond acceptors (Lipinski definition) is 6. The van der Waals surface area contributed by atoms with Crippen LogP contribution in [0.5, 0.6) is 11.5 Å². The van der Waals surface area contributed by atoms with Gasteiger partial charge in [-0.1, -0.05) is 0 Å². The van der Waals surface area contributed by atoms with Gasteiger partial charge in [0.15, 0.2) is 0 Å². The van der Waals surface area contributed by atoms with Crippen molar-refractivity contribution in [3.05, 3.63) is 36.4 Å². The van der Waals surface area contributed by atoms with Crippen LogP contribution >= 0.6 is 0 Å². The molecule has 3 rings (SSSR count). The quantitative estimate of drug-likeness (QED) is 0.146. The van der Waals surface area contributed by atoms with Gasteiger partial charge < -0.3 is 66.2 Å². The first-order valence-corrected chi connectivity index (χ1v) is 11.4. The zero-order valence-corrected chi connectivity index (χ0v) is 21.8. The van der Waals surface area contributed by atoms with Crippen molar-refractivity contribution in [1.29, 1.82) is 0 Å². The highest BCUT2D eigenvalue weighted by atomic mass is 35.5. The number of nitrogens with zero attached hydrogens (tertiary/aromatic N) is 2. The Kier molecular flexibility index (Phi) is 11.4. The summed E-state index contributed by atoms with van der Waals surface area (Å²) in [6.45, 7) is 8.24. The molecule has 0 saturated carbocycles. The summed E-state index contributed by atoms with van der Waals surface area (Å²) in [6, 6.07) is 10.8. The van der Waals surface area contributed by atoms with Crippen molar-refractivity contribution in [2.24, 2.45) is 0 Å². The van der Waals surface area contributed by atoms with E-state index in [1.54, 1.807) is 12.1 Å². The second-order valence-electron chi connectivity index (χ2n) is 9.58. The highest BCUT2D eigenvalue weighted by molar-refractivity contribution is 5.61. The second-order valence-corrected chi connectivity index (χ2v) is 9.58. The van der Waals surface area contributed by atoms with Crippen LogP contribution in [0, 0.1) is 0 Å². The van der Waals surface area contributed by atoms with Gasteiger partial charge in [0.05, 0.1) is 51.8 Å². The van der Waals surface area contributed by atoms with Crippen molar-refractivity contribution in [2.45, 2.75) is 12.8 Å². The number of nitrogens with two attached hydrogens (primary N) is 4. The number of rotatable bonds is 10. The molecule has 0 spiro atoms. The molecular formula is C24H40Cl2N6O2. The summed E-state index contributed by atoms with van der Waals surface area (Å²) in [5, 5.41) is 0. The molecule has 10 heteroatoms. The molecule has 34 heavy (non-hydrogen) atoms. The van der Waals surface area contributed by atoms with E-state index in [9.17, 15) is 0 Å². The minimum Gasteiger partial charge on any atom is -1.00 e. The minimum atomic E-state index is 0. The van der Waals surface area contributed by atoms with E-state index in [4.69, 9.17) is 32.4 Å². The Labute approximate surface area is 216 Å². The summed E-state index contributed by atoms with van der Waals surface area (Å²) >= 11 is 0. The molecule has 0 amide bonds. The number of nitrogen functional groups attached to an aromatic ring is 4. The second kappa shape index (κ2) is 13.0. The van der Waals surface area contributed by atoms with Crippen molar-refractivity contribution in [3.8, 4) is 11.5 Å². The molecule has 0 unspecified atom stereocenters. The van der Waals surface area contributed by atoms with Crippen LogP contribution in [0.3, 0.4) is 0 Å². The van der Waals surface area contributed by atoms with Crippen molar-refractivity contribution < 1.29 is 43.3 Å². The Bertz CT molecular complexity index is 834. The van der Waals surface area contributed by atoms with Gasteiger partial charge in [0.25, 0.3) is 0 Å². The number of piperazine rings is 1. The molecule has 1 aliphatic rings. The SMILES string of the molecule is C[N+]1(CCCOc2ccc(N)cc2N)CC[N+](C)(CCCOc2ccc(N)cc2N)CC1.[Cl-].[Cl-]. The number of benzene rings is 2. The van der Waals surface area contributed by atoms with E-state index in [2.05, 4.69) is 14.1 Å². The maximum absolute atomic E-state index is 5.97. The summed E-state index contributed by atoms with van der Waals surface area (Å²) in [5.74, 6) is 1.43. The van der Waals surface area contributed by atoms with Crippen molar-refractivity contribution >= 4 is 22.7 Å². The zero-order valence-electron chi connectivity index (χ0n) is 20.3. The standard InChI is InChI=1S/C24H40N6O2.2ClH/c1-29(9-3-15-31-23-7-5-19(25)17-21(23)27)11-13-30(2,14-12-29)10-4-16-32-24-8-6-20(26)18-22(24)28;;/h5-8,17-18H,3-4,9-16,25-28H2,1-2H3;2*1H/q+2;;/p-2. The molecule has 2 aromatic rings. The van der Waals surface area contributed by atoms with E-state index in [-0.39, 0.29) is 24.8 Å². The third-order valence-electron chi connectivity index (χ3n) is 6.63. The first-order chi connectivity index (χ1) is 15.2. The van der Waals surface area contributed by atoms with Gasteiger partial charge in [-0.3, -0.25) is 0 Å². The average molecular weight is 516 g/mol. The van der Waals surface area contributed by atoms with Crippen molar-refractivity contribution in [3.63, 3.8) is 0 Å². The first kappa shape index (κ1) is 29.8. The van der Waals surface area contributed by atoms with E-state index in [1.807, 2.05) is 24.3 Å². The smallest absolute Gasteiger partial charge is 0.142 e. The number of hydrogen-bond donors (Lipinski definition) is 4. The molecule has 0 atom stereocenters. The van der Waals surface area contributed by atoms with E-state index in [1.165, 1.54) is 26.2 Å². The fourth-order valence-corrected chi connectivity index (χ4v) is 4.29. The number of ether oxygens (including phenoxy) is 2. The molecular weight excluding hydrogens is 475 g/mol. The molecule has 0 radical (unpaired) electrons. The van der Waals surface area contributed by atoms with Gasteiger partial charge in [-0.05, 0) is 36.4 Å². The Morgan fingerprint density at radius 3 is 1.32 bits per heavy atom. The van der Waals surface area contributed by atoms with Crippen LogP contribution in [0.15, 0.2) is 36.4 Å². The lowest BCUT2D eigenvalue weighted by Crippen LogP contribution is -3.00. The topological polar surface area (TPSA) is 123 Å². The van der Waals surface area contributed by atoms with Gasteiger partial charge in [0, 0.05) is 24.2 Å². The van der Waals surface area contributed by atoms with E-state index >= 15 is 0 Å². The van der Waals surface area contributed by atoms with Gasteiger partial charge in [0.2, 0.25) is 0 Å². The van der Waals surface area contributed by atoms with Crippen LogP contribution in [0.4, 0.5) is 22.7 Å². The van der Waals surface area contributed by atoms with Gasteiger partial charge >= 0.3 is 0 Å². The Morgan fingerprint density at radius 1 is 0.647 bits per heavy atom. The molecule has 0 aromatic heterocycles. The first-order valence-electron chi connectivity index (χ1n) is 11.4. The number of likely N-dealkylation sites (N-methyl/N-ethyl adjacent to an activating group) is 2. The lowest BCUT2D eigenvalue weighted by molar-refractivity contribution is -1.02. The van der Waals surface area contributed by atoms with Crippen molar-refractivity contribution in [1.82, 2.24) is 0 Å². The van der Waals surface area contributed by atoms with Crippen LogP contribution in [0.2, 0.25) is 0 Å². The highest BCUT2D eigenvalue weighted by Gasteiger charge is 2.36. The lowest BCUT2D eigenvalue weighted by atomic mass is 10.2. The molecule has 1 aliphatic heterocycles. The number of anilines is 4. The molecule has 1 saturated heterocycles. The molecule has 192 valence electrons. The summed E-state index contributed by atoms with van der Waals surface area (Å²) in [4.78, 5) is 0. The third-order valence-corrected chi connectivity index (χ3v) is 6.63. The van der Waals surface area contributed by atoms with Gasteiger partial charge in [-0.25, -0.2) is 0 Å². The Morgan fingerprint density at radius 2 is 1.00 bits per heavy atom. The Balaban J connectivity index is 0.00000289. The molecule has 0 aliphatic carbocycles. The summed E-state index contributed by atoms with van der Waals surface area (Å²) in [5.41, 5.74) is 25.9. The maximum atomic E-state index is 5.97. The fraction of sp³-hybridized carbons (Fsp3) is 0.500. The number of halogens is 2. The van der Waals surface area contributed by atoms with Crippen molar-refractivity contribution in [2.75, 3.05) is 89.5 Å². The molecule has 8 N–H and O–H groups in total. The lowest BCUT2D eigenvalue weighted by Gasteiger charge is -2.46. The summed E-state index contributed by atoms with van der Waals surface area (Å²) < 4.78 is 13.9. The van der Waals surface area contributed by atoms with Crippen LogP contribution in [-0.2, 0) is 0 Å².